The Labute approximate surface area is 127 Å². The van der Waals surface area contributed by atoms with Gasteiger partial charge in [-0.05, 0) is 50.9 Å². The van der Waals surface area contributed by atoms with Gasteiger partial charge in [-0.15, -0.1) is 0 Å². The Bertz CT molecular complexity index is 454. The Balaban J connectivity index is 1.66. The van der Waals surface area contributed by atoms with Crippen LogP contribution in [-0.2, 0) is 4.79 Å². The SMILES string of the molecule is O=C(Nc1ccccc1)[C@H]1CCCC[C@H]1N1CCCCC1. The number of carbonyl (C=O) groups excluding carboxylic acids is 1. The molecular formula is C18H26N2O. The lowest BCUT2D eigenvalue weighted by Gasteiger charge is -2.41. The highest BCUT2D eigenvalue weighted by atomic mass is 16.1. The molecule has 1 saturated heterocycles. The minimum absolute atomic E-state index is 0.164. The van der Waals surface area contributed by atoms with Gasteiger partial charge in [0.25, 0.3) is 0 Å². The topological polar surface area (TPSA) is 32.3 Å². The minimum atomic E-state index is 0.164. The first kappa shape index (κ1) is 14.6. The summed E-state index contributed by atoms with van der Waals surface area (Å²) in [6.45, 7) is 2.36. The Morgan fingerprint density at radius 3 is 2.43 bits per heavy atom. The maximum atomic E-state index is 12.7. The molecule has 2 atom stereocenters. The third-order valence-electron chi connectivity index (χ3n) is 4.97. The zero-order valence-corrected chi connectivity index (χ0v) is 12.8. The second kappa shape index (κ2) is 7.08. The summed E-state index contributed by atoms with van der Waals surface area (Å²) in [4.78, 5) is 15.3. The largest absolute Gasteiger partial charge is 0.326 e. The number of nitrogens with one attached hydrogen (secondary N) is 1. The van der Waals surface area contributed by atoms with Crippen molar-refractivity contribution in [1.29, 1.82) is 0 Å². The fourth-order valence-corrected chi connectivity index (χ4v) is 3.86. The summed E-state index contributed by atoms with van der Waals surface area (Å²) in [6, 6.07) is 10.3. The van der Waals surface area contributed by atoms with Crippen LogP contribution in [0.1, 0.15) is 44.9 Å². The monoisotopic (exact) mass is 286 g/mol. The molecule has 2 aliphatic rings. The average Bonchev–Trinajstić information content (AvgIpc) is 2.56. The highest BCUT2D eigenvalue weighted by molar-refractivity contribution is 5.93. The van der Waals surface area contributed by atoms with E-state index in [1.807, 2.05) is 30.3 Å². The van der Waals surface area contributed by atoms with E-state index in [4.69, 9.17) is 0 Å². The number of nitrogens with zero attached hydrogens (tertiary/aromatic N) is 1. The van der Waals surface area contributed by atoms with Gasteiger partial charge in [0.1, 0.15) is 0 Å². The number of rotatable bonds is 3. The van der Waals surface area contributed by atoms with Crippen LogP contribution in [-0.4, -0.2) is 29.9 Å². The molecule has 0 unspecified atom stereocenters. The predicted molar refractivity (Wildman–Crippen MR) is 86.2 cm³/mol. The molecule has 1 aliphatic carbocycles. The fourth-order valence-electron chi connectivity index (χ4n) is 3.86. The Hall–Kier alpha value is -1.35. The van der Waals surface area contributed by atoms with Crippen molar-refractivity contribution in [3.63, 3.8) is 0 Å². The van der Waals surface area contributed by atoms with Gasteiger partial charge in [-0.1, -0.05) is 37.5 Å². The van der Waals surface area contributed by atoms with E-state index in [0.29, 0.717) is 6.04 Å². The van der Waals surface area contributed by atoms with E-state index in [9.17, 15) is 4.79 Å². The average molecular weight is 286 g/mol. The normalized spacial score (nSPS) is 27.2. The third-order valence-corrected chi connectivity index (χ3v) is 4.97. The van der Waals surface area contributed by atoms with E-state index in [2.05, 4.69) is 10.2 Å². The summed E-state index contributed by atoms with van der Waals surface area (Å²) in [5, 5.41) is 3.12. The smallest absolute Gasteiger partial charge is 0.229 e. The zero-order valence-electron chi connectivity index (χ0n) is 12.8. The quantitative estimate of drug-likeness (QED) is 0.919. The van der Waals surface area contributed by atoms with E-state index in [0.717, 1.165) is 12.1 Å². The summed E-state index contributed by atoms with van der Waals surface area (Å²) < 4.78 is 0. The molecule has 3 rings (SSSR count). The van der Waals surface area contributed by atoms with Crippen LogP contribution in [0.2, 0.25) is 0 Å². The molecule has 1 N–H and O–H groups in total. The van der Waals surface area contributed by atoms with E-state index >= 15 is 0 Å². The summed E-state index contributed by atoms with van der Waals surface area (Å²) in [6.07, 6.45) is 8.64. The molecule has 0 bridgehead atoms. The number of benzene rings is 1. The molecule has 1 aromatic carbocycles. The maximum Gasteiger partial charge on any atom is 0.229 e. The van der Waals surface area contributed by atoms with Gasteiger partial charge in [0, 0.05) is 11.7 Å². The highest BCUT2D eigenvalue weighted by Gasteiger charge is 2.35. The van der Waals surface area contributed by atoms with Crippen molar-refractivity contribution in [2.75, 3.05) is 18.4 Å². The molecule has 1 amide bonds. The summed E-state index contributed by atoms with van der Waals surface area (Å²) in [7, 11) is 0. The number of anilines is 1. The summed E-state index contributed by atoms with van der Waals surface area (Å²) in [5.41, 5.74) is 0.922. The molecule has 0 spiro atoms. The molecule has 1 saturated carbocycles. The maximum absolute atomic E-state index is 12.7. The van der Waals surface area contributed by atoms with Crippen molar-refractivity contribution in [3.8, 4) is 0 Å². The van der Waals surface area contributed by atoms with Crippen molar-refractivity contribution < 1.29 is 4.79 Å². The van der Waals surface area contributed by atoms with E-state index in [-0.39, 0.29) is 11.8 Å². The Kier molecular flexibility index (Phi) is 4.91. The number of piperidine rings is 1. The first-order chi connectivity index (χ1) is 10.3. The van der Waals surface area contributed by atoms with E-state index in [1.165, 1.54) is 51.6 Å². The number of amides is 1. The van der Waals surface area contributed by atoms with Gasteiger partial charge < -0.3 is 5.32 Å². The third kappa shape index (κ3) is 3.65. The van der Waals surface area contributed by atoms with Crippen LogP contribution in [0.5, 0.6) is 0 Å². The van der Waals surface area contributed by atoms with Crippen LogP contribution in [0.25, 0.3) is 0 Å². The first-order valence-electron chi connectivity index (χ1n) is 8.44. The van der Waals surface area contributed by atoms with E-state index in [1.54, 1.807) is 0 Å². The second-order valence-corrected chi connectivity index (χ2v) is 6.41. The number of likely N-dealkylation sites (tertiary alicyclic amines) is 1. The number of hydrogen-bond donors (Lipinski definition) is 1. The summed E-state index contributed by atoms with van der Waals surface area (Å²) in [5.74, 6) is 0.383. The number of para-hydroxylation sites is 1. The number of hydrogen-bond acceptors (Lipinski definition) is 2. The lowest BCUT2D eigenvalue weighted by atomic mass is 9.82. The van der Waals surface area contributed by atoms with Crippen LogP contribution in [0.15, 0.2) is 30.3 Å². The van der Waals surface area contributed by atoms with Gasteiger partial charge in [0.2, 0.25) is 5.91 Å². The fraction of sp³-hybridized carbons (Fsp3) is 0.611. The standard InChI is InChI=1S/C18H26N2O/c21-18(19-15-9-3-1-4-10-15)16-11-5-6-12-17(16)20-13-7-2-8-14-20/h1,3-4,9-10,16-17H,2,5-8,11-14H2,(H,19,21)/t16-,17+/m0/s1. The Morgan fingerprint density at radius 2 is 1.67 bits per heavy atom. The van der Waals surface area contributed by atoms with Gasteiger partial charge >= 0.3 is 0 Å². The number of carbonyl (C=O) groups is 1. The second-order valence-electron chi connectivity index (χ2n) is 6.41. The van der Waals surface area contributed by atoms with Crippen molar-refractivity contribution in [2.24, 2.45) is 5.92 Å². The van der Waals surface area contributed by atoms with Gasteiger partial charge in [0.15, 0.2) is 0 Å². The van der Waals surface area contributed by atoms with E-state index < -0.39 is 0 Å². The summed E-state index contributed by atoms with van der Waals surface area (Å²) >= 11 is 0. The van der Waals surface area contributed by atoms with Crippen molar-refractivity contribution in [3.05, 3.63) is 30.3 Å². The molecular weight excluding hydrogens is 260 g/mol. The molecule has 0 radical (unpaired) electrons. The molecule has 1 heterocycles. The van der Waals surface area contributed by atoms with Crippen LogP contribution >= 0.6 is 0 Å². The highest BCUT2D eigenvalue weighted by Crippen LogP contribution is 2.31. The van der Waals surface area contributed by atoms with Crippen molar-refractivity contribution in [1.82, 2.24) is 4.90 Å². The Morgan fingerprint density at radius 1 is 0.952 bits per heavy atom. The van der Waals surface area contributed by atoms with Crippen LogP contribution < -0.4 is 5.32 Å². The molecule has 1 aromatic rings. The molecule has 114 valence electrons. The minimum Gasteiger partial charge on any atom is -0.326 e. The molecule has 21 heavy (non-hydrogen) atoms. The molecule has 3 heteroatoms. The van der Waals surface area contributed by atoms with Gasteiger partial charge in [0.05, 0.1) is 5.92 Å². The molecule has 2 fully saturated rings. The molecule has 1 aliphatic heterocycles. The van der Waals surface area contributed by atoms with Gasteiger partial charge in [-0.2, -0.15) is 0 Å². The first-order valence-corrected chi connectivity index (χ1v) is 8.44. The van der Waals surface area contributed by atoms with Crippen LogP contribution in [0.3, 0.4) is 0 Å². The van der Waals surface area contributed by atoms with Gasteiger partial charge in [-0.3, -0.25) is 9.69 Å². The molecule has 0 aromatic heterocycles. The van der Waals surface area contributed by atoms with Gasteiger partial charge in [-0.25, -0.2) is 0 Å². The molecule has 3 nitrogen and oxygen atoms in total. The van der Waals surface area contributed by atoms with Crippen molar-refractivity contribution in [2.45, 2.75) is 51.0 Å². The van der Waals surface area contributed by atoms with Crippen molar-refractivity contribution >= 4 is 11.6 Å². The lowest BCUT2D eigenvalue weighted by molar-refractivity contribution is -0.123. The van der Waals surface area contributed by atoms with Crippen LogP contribution in [0, 0.1) is 5.92 Å². The predicted octanol–water partition coefficient (Wildman–Crippen LogP) is 3.67. The van der Waals surface area contributed by atoms with Crippen LogP contribution in [0.4, 0.5) is 5.69 Å². The lowest BCUT2D eigenvalue weighted by Crippen LogP contribution is -2.48. The zero-order chi connectivity index (χ0) is 14.5.